The number of amides is 3. The average Bonchev–Trinajstić information content (AvgIpc) is 3.52. The predicted octanol–water partition coefficient (Wildman–Crippen LogP) is 2.71. The van der Waals surface area contributed by atoms with Crippen LogP contribution in [-0.2, 0) is 30.3 Å². The SMILES string of the molecule is CC[C@](C)(NC(=O)[C@@H](N)CCCCOC(=O)c1ccccc1)C(=O)NC(Cc1ccc(F)c(F)c1)C(=O)N1CCC[C@@H]1C(=O)O. The van der Waals surface area contributed by atoms with E-state index in [0.717, 1.165) is 17.0 Å². The Kier molecular flexibility index (Phi) is 12.5. The number of hydrogen-bond acceptors (Lipinski definition) is 7. The van der Waals surface area contributed by atoms with Crippen molar-refractivity contribution in [1.82, 2.24) is 15.5 Å². The molecule has 0 spiro atoms. The molecule has 1 heterocycles. The van der Waals surface area contributed by atoms with Crippen LogP contribution in [0.15, 0.2) is 48.5 Å². The van der Waals surface area contributed by atoms with Crippen LogP contribution in [-0.4, -0.2) is 76.5 Å². The topological polar surface area (TPSA) is 168 Å². The van der Waals surface area contributed by atoms with E-state index in [4.69, 9.17) is 10.5 Å². The van der Waals surface area contributed by atoms with Crippen LogP contribution in [0.5, 0.6) is 0 Å². The van der Waals surface area contributed by atoms with Crippen LogP contribution in [0.4, 0.5) is 8.78 Å². The van der Waals surface area contributed by atoms with Crippen molar-refractivity contribution in [3.05, 3.63) is 71.3 Å². The van der Waals surface area contributed by atoms with Crippen molar-refractivity contribution in [1.29, 1.82) is 0 Å². The van der Waals surface area contributed by atoms with E-state index in [-0.39, 0.29) is 44.4 Å². The number of rotatable bonds is 15. The maximum absolute atomic E-state index is 13.9. The molecule has 5 N–H and O–H groups in total. The molecule has 3 amide bonds. The van der Waals surface area contributed by atoms with E-state index in [1.54, 1.807) is 37.3 Å². The highest BCUT2D eigenvalue weighted by molar-refractivity contribution is 5.96. The molecule has 0 bridgehead atoms. The van der Waals surface area contributed by atoms with Crippen molar-refractivity contribution in [2.45, 2.75) is 82.5 Å². The number of hydrogen-bond donors (Lipinski definition) is 4. The van der Waals surface area contributed by atoms with Crippen LogP contribution >= 0.6 is 0 Å². The van der Waals surface area contributed by atoms with Crippen LogP contribution in [0.25, 0.3) is 0 Å². The number of aliphatic carboxylic acids is 1. The second-order valence-corrected chi connectivity index (χ2v) is 11.3. The van der Waals surface area contributed by atoms with Crippen LogP contribution in [0.1, 0.15) is 68.3 Å². The zero-order valence-electron chi connectivity index (χ0n) is 25.4. The summed E-state index contributed by atoms with van der Waals surface area (Å²) in [6, 6.07) is 8.22. The summed E-state index contributed by atoms with van der Waals surface area (Å²) >= 11 is 0. The highest BCUT2D eigenvalue weighted by atomic mass is 19.2. The first-order valence-electron chi connectivity index (χ1n) is 14.9. The van der Waals surface area contributed by atoms with Crippen LogP contribution in [0.2, 0.25) is 0 Å². The number of halogens is 2. The van der Waals surface area contributed by atoms with E-state index in [1.165, 1.54) is 13.0 Å². The lowest BCUT2D eigenvalue weighted by molar-refractivity contribution is -0.149. The highest BCUT2D eigenvalue weighted by Gasteiger charge is 2.41. The van der Waals surface area contributed by atoms with Gasteiger partial charge in [0.15, 0.2) is 11.6 Å². The fourth-order valence-electron chi connectivity index (χ4n) is 5.00. The Balaban J connectivity index is 1.62. The third-order valence-corrected chi connectivity index (χ3v) is 7.94. The van der Waals surface area contributed by atoms with Gasteiger partial charge in [-0.25, -0.2) is 18.4 Å². The normalized spacial score (nSPS) is 17.1. The monoisotopic (exact) mass is 630 g/mol. The molecule has 45 heavy (non-hydrogen) atoms. The molecule has 2 aromatic carbocycles. The van der Waals surface area contributed by atoms with Crippen molar-refractivity contribution in [3.8, 4) is 0 Å². The molecule has 1 saturated heterocycles. The Hall–Kier alpha value is -4.39. The van der Waals surface area contributed by atoms with Gasteiger partial charge < -0.3 is 31.1 Å². The van der Waals surface area contributed by atoms with Crippen molar-refractivity contribution in [2.75, 3.05) is 13.2 Å². The Bertz CT molecular complexity index is 1380. The van der Waals surface area contributed by atoms with Gasteiger partial charge in [0.25, 0.3) is 0 Å². The first-order chi connectivity index (χ1) is 21.4. The van der Waals surface area contributed by atoms with Gasteiger partial charge in [-0.15, -0.1) is 0 Å². The molecule has 2 aromatic rings. The number of nitrogens with zero attached hydrogens (tertiary/aromatic N) is 1. The van der Waals surface area contributed by atoms with Crippen molar-refractivity contribution in [2.24, 2.45) is 5.73 Å². The third-order valence-electron chi connectivity index (χ3n) is 7.94. The molecule has 1 aliphatic rings. The summed E-state index contributed by atoms with van der Waals surface area (Å²) in [5.41, 5.74) is 5.21. The first-order valence-corrected chi connectivity index (χ1v) is 14.9. The lowest BCUT2D eigenvalue weighted by atomic mass is 9.95. The largest absolute Gasteiger partial charge is 0.480 e. The molecule has 4 atom stereocenters. The van der Waals surface area contributed by atoms with E-state index < -0.39 is 65.0 Å². The number of unbranched alkanes of at least 4 members (excludes halogenated alkanes) is 1. The van der Waals surface area contributed by atoms with Gasteiger partial charge in [-0.05, 0) is 75.3 Å². The maximum Gasteiger partial charge on any atom is 0.338 e. The summed E-state index contributed by atoms with van der Waals surface area (Å²) in [6.45, 7) is 3.41. The third kappa shape index (κ3) is 9.55. The lowest BCUT2D eigenvalue weighted by Crippen LogP contribution is -2.63. The van der Waals surface area contributed by atoms with Crippen LogP contribution < -0.4 is 16.4 Å². The second kappa shape index (κ2) is 16.1. The summed E-state index contributed by atoms with van der Waals surface area (Å²) in [4.78, 5) is 65.0. The summed E-state index contributed by atoms with van der Waals surface area (Å²) in [6.07, 6.45) is 1.74. The van der Waals surface area contributed by atoms with Crippen LogP contribution in [0.3, 0.4) is 0 Å². The van der Waals surface area contributed by atoms with Gasteiger partial charge in [0.1, 0.15) is 17.6 Å². The fraction of sp³-hybridized carbons (Fsp3) is 0.469. The maximum atomic E-state index is 13.9. The number of ether oxygens (including phenoxy) is 1. The Labute approximate surface area is 260 Å². The number of carboxylic acids is 1. The molecule has 11 nitrogen and oxygen atoms in total. The number of carbonyl (C=O) groups is 5. The summed E-state index contributed by atoms with van der Waals surface area (Å²) in [7, 11) is 0. The van der Waals surface area contributed by atoms with Gasteiger partial charge in [0, 0.05) is 13.0 Å². The standard InChI is InChI=1S/C32H40F2N4O7/c1-3-32(2,37-27(39)24(35)12-7-8-17-45-30(43)21-10-5-4-6-11-21)31(44)36-25(19-20-14-15-22(33)23(34)18-20)28(40)38-16-9-13-26(38)29(41)42/h4-6,10-11,14-15,18,24-26H,3,7-9,12-13,16-17,19,35H2,1-2H3,(H,36,44)(H,37,39)(H,41,42)/t24-,25?,26+,32-/m0/s1. The van der Waals surface area contributed by atoms with E-state index in [0.29, 0.717) is 24.8 Å². The molecule has 1 fully saturated rings. The molecule has 3 rings (SSSR count). The minimum absolute atomic E-state index is 0.111. The molecule has 13 heteroatoms. The average molecular weight is 631 g/mol. The molecule has 244 valence electrons. The Morgan fingerprint density at radius 1 is 1.09 bits per heavy atom. The number of likely N-dealkylation sites (tertiary alicyclic amines) is 1. The van der Waals surface area contributed by atoms with Crippen molar-refractivity contribution >= 4 is 29.7 Å². The molecule has 0 radical (unpaired) electrons. The predicted molar refractivity (Wildman–Crippen MR) is 160 cm³/mol. The summed E-state index contributed by atoms with van der Waals surface area (Å²) in [5, 5.41) is 14.8. The van der Waals surface area contributed by atoms with E-state index in [2.05, 4.69) is 10.6 Å². The molecular weight excluding hydrogens is 590 g/mol. The number of carbonyl (C=O) groups excluding carboxylic acids is 4. The van der Waals surface area contributed by atoms with E-state index in [1.807, 2.05) is 0 Å². The number of benzene rings is 2. The number of esters is 1. The molecule has 0 aromatic heterocycles. The minimum atomic E-state index is -1.51. The number of carboxylic acid groups (broad SMARTS) is 1. The quantitative estimate of drug-likeness (QED) is 0.172. The van der Waals surface area contributed by atoms with Gasteiger partial charge in [-0.2, -0.15) is 0 Å². The summed E-state index contributed by atoms with van der Waals surface area (Å²) in [5.74, 6) is -5.88. The Morgan fingerprint density at radius 2 is 1.80 bits per heavy atom. The van der Waals surface area contributed by atoms with Crippen molar-refractivity contribution in [3.63, 3.8) is 0 Å². The highest BCUT2D eigenvalue weighted by Crippen LogP contribution is 2.21. The molecule has 1 unspecified atom stereocenters. The van der Waals surface area contributed by atoms with Gasteiger partial charge in [-0.1, -0.05) is 31.2 Å². The van der Waals surface area contributed by atoms with Crippen LogP contribution in [0, 0.1) is 11.6 Å². The zero-order chi connectivity index (χ0) is 33.1. The fourth-order valence-corrected chi connectivity index (χ4v) is 5.00. The van der Waals surface area contributed by atoms with Gasteiger partial charge >= 0.3 is 11.9 Å². The lowest BCUT2D eigenvalue weighted by Gasteiger charge is -2.33. The minimum Gasteiger partial charge on any atom is -0.480 e. The Morgan fingerprint density at radius 3 is 2.44 bits per heavy atom. The van der Waals surface area contributed by atoms with Gasteiger partial charge in [0.2, 0.25) is 17.7 Å². The van der Waals surface area contributed by atoms with Gasteiger partial charge in [0.05, 0.1) is 18.2 Å². The molecule has 1 aliphatic heterocycles. The first kappa shape index (κ1) is 35.1. The van der Waals surface area contributed by atoms with E-state index >= 15 is 0 Å². The van der Waals surface area contributed by atoms with Crippen molar-refractivity contribution < 1.29 is 42.6 Å². The number of nitrogens with one attached hydrogen (secondary N) is 2. The van der Waals surface area contributed by atoms with E-state index in [9.17, 15) is 37.9 Å². The zero-order valence-corrected chi connectivity index (χ0v) is 25.4. The molecule has 0 aliphatic carbocycles. The summed E-state index contributed by atoms with van der Waals surface area (Å²) < 4.78 is 32.7. The molecule has 0 saturated carbocycles. The second-order valence-electron chi connectivity index (χ2n) is 11.3. The van der Waals surface area contributed by atoms with Gasteiger partial charge in [-0.3, -0.25) is 14.4 Å². The molecular formula is C32H40F2N4O7. The smallest absolute Gasteiger partial charge is 0.338 e. The number of nitrogens with two attached hydrogens (primary N) is 1.